The highest BCUT2D eigenvalue weighted by molar-refractivity contribution is 6.31. The van der Waals surface area contributed by atoms with Crippen LogP contribution in [0.15, 0.2) is 18.3 Å². The first-order chi connectivity index (χ1) is 12.5. The summed E-state index contributed by atoms with van der Waals surface area (Å²) < 4.78 is 5.33. The lowest BCUT2D eigenvalue weighted by atomic mass is 9.86. The quantitative estimate of drug-likeness (QED) is 0.768. The summed E-state index contributed by atoms with van der Waals surface area (Å²) in [5.74, 6) is 0.896. The van der Waals surface area contributed by atoms with Crippen molar-refractivity contribution >= 4 is 28.4 Å². The van der Waals surface area contributed by atoms with Crippen LogP contribution in [0.1, 0.15) is 31.2 Å². The Balaban J connectivity index is 1.29. The Hall–Kier alpha value is -1.63. The number of aliphatic hydroxyl groups is 1. The topological polar surface area (TPSA) is 87.2 Å². The SMILES string of the molecule is O=C(N[C@H]1[C@@H]2C[C@](O)(c3cc(Cl)cc4[nH]ncc34)C[C@@H]21)C1CCOCC1. The van der Waals surface area contributed by atoms with Crippen LogP contribution in [0.4, 0.5) is 0 Å². The second-order valence-corrected chi connectivity index (χ2v) is 8.41. The molecule has 1 aromatic carbocycles. The van der Waals surface area contributed by atoms with Crippen molar-refractivity contribution in [3.8, 4) is 0 Å². The summed E-state index contributed by atoms with van der Waals surface area (Å²) in [6, 6.07) is 3.87. The smallest absolute Gasteiger partial charge is 0.223 e. The fraction of sp³-hybridized carbons (Fsp3) is 0.579. The fourth-order valence-corrected chi connectivity index (χ4v) is 5.16. The van der Waals surface area contributed by atoms with Gasteiger partial charge in [-0.1, -0.05) is 11.6 Å². The molecule has 2 saturated carbocycles. The number of H-pyrrole nitrogens is 1. The van der Waals surface area contributed by atoms with E-state index in [1.54, 1.807) is 6.20 Å². The van der Waals surface area contributed by atoms with E-state index in [2.05, 4.69) is 15.5 Å². The Kier molecular flexibility index (Phi) is 3.78. The molecule has 0 spiro atoms. The number of ether oxygens (including phenoxy) is 1. The number of aromatic amines is 1. The predicted molar refractivity (Wildman–Crippen MR) is 96.7 cm³/mol. The molecule has 6 nitrogen and oxygen atoms in total. The zero-order valence-electron chi connectivity index (χ0n) is 14.4. The van der Waals surface area contributed by atoms with Gasteiger partial charge in [-0.3, -0.25) is 9.89 Å². The van der Waals surface area contributed by atoms with Gasteiger partial charge in [0.2, 0.25) is 5.91 Å². The number of carbonyl (C=O) groups excluding carboxylic acids is 1. The van der Waals surface area contributed by atoms with Crippen molar-refractivity contribution in [2.24, 2.45) is 17.8 Å². The van der Waals surface area contributed by atoms with Crippen molar-refractivity contribution in [1.82, 2.24) is 15.5 Å². The lowest BCUT2D eigenvalue weighted by molar-refractivity contribution is -0.128. The number of amides is 1. The van der Waals surface area contributed by atoms with Crippen molar-refractivity contribution in [2.75, 3.05) is 13.2 Å². The second kappa shape index (κ2) is 5.94. The molecule has 0 radical (unpaired) electrons. The number of halogens is 1. The van der Waals surface area contributed by atoms with Crippen LogP contribution < -0.4 is 5.32 Å². The van der Waals surface area contributed by atoms with E-state index in [0.717, 1.165) is 29.3 Å². The number of fused-ring (bicyclic) bond motifs is 2. The molecule has 1 amide bonds. The predicted octanol–water partition coefficient (Wildman–Crippen LogP) is 2.36. The van der Waals surface area contributed by atoms with Crippen LogP contribution >= 0.6 is 11.6 Å². The molecule has 138 valence electrons. The largest absolute Gasteiger partial charge is 0.385 e. The van der Waals surface area contributed by atoms with Gasteiger partial charge in [0.1, 0.15) is 0 Å². The first-order valence-corrected chi connectivity index (χ1v) is 9.66. The molecule has 2 heterocycles. The van der Waals surface area contributed by atoms with Gasteiger partial charge in [0, 0.05) is 35.6 Å². The van der Waals surface area contributed by atoms with Gasteiger partial charge in [-0.25, -0.2) is 0 Å². The van der Waals surface area contributed by atoms with E-state index in [-0.39, 0.29) is 17.9 Å². The second-order valence-electron chi connectivity index (χ2n) is 7.97. The molecule has 7 heteroatoms. The van der Waals surface area contributed by atoms with Gasteiger partial charge in [0.05, 0.1) is 17.3 Å². The molecule has 3 fully saturated rings. The van der Waals surface area contributed by atoms with Gasteiger partial charge in [0.15, 0.2) is 0 Å². The number of nitrogens with one attached hydrogen (secondary N) is 2. The minimum Gasteiger partial charge on any atom is -0.385 e. The van der Waals surface area contributed by atoms with Crippen molar-refractivity contribution in [3.63, 3.8) is 0 Å². The Bertz CT molecular complexity index is 849. The van der Waals surface area contributed by atoms with Crippen molar-refractivity contribution in [3.05, 3.63) is 28.9 Å². The third-order valence-corrected chi connectivity index (χ3v) is 6.62. The van der Waals surface area contributed by atoms with Crippen LogP contribution in [0.5, 0.6) is 0 Å². The highest BCUT2D eigenvalue weighted by Gasteiger charge is 2.62. The summed E-state index contributed by atoms with van der Waals surface area (Å²) in [4.78, 5) is 12.4. The highest BCUT2D eigenvalue weighted by Crippen LogP contribution is 2.60. The van der Waals surface area contributed by atoms with Gasteiger partial charge in [0.25, 0.3) is 0 Å². The van der Waals surface area contributed by atoms with Crippen LogP contribution in [-0.4, -0.2) is 40.5 Å². The summed E-state index contributed by atoms with van der Waals surface area (Å²) >= 11 is 6.23. The number of hydrogen-bond acceptors (Lipinski definition) is 4. The maximum atomic E-state index is 12.4. The van der Waals surface area contributed by atoms with E-state index in [1.807, 2.05) is 12.1 Å². The normalized spacial score (nSPS) is 34.0. The van der Waals surface area contributed by atoms with Gasteiger partial charge in [-0.15, -0.1) is 0 Å². The van der Waals surface area contributed by atoms with Crippen LogP contribution in [-0.2, 0) is 15.1 Å². The molecule has 1 aliphatic heterocycles. The fourth-order valence-electron chi connectivity index (χ4n) is 4.94. The van der Waals surface area contributed by atoms with Crippen molar-refractivity contribution in [2.45, 2.75) is 37.3 Å². The third-order valence-electron chi connectivity index (χ3n) is 6.40. The molecule has 3 aliphatic rings. The van der Waals surface area contributed by atoms with Gasteiger partial charge in [-0.2, -0.15) is 5.10 Å². The number of aromatic nitrogens is 2. The third kappa shape index (κ3) is 2.63. The van der Waals surface area contributed by atoms with E-state index >= 15 is 0 Å². The number of hydrogen-bond donors (Lipinski definition) is 3. The molecule has 2 aromatic rings. The summed E-state index contributed by atoms with van der Waals surface area (Å²) in [6.07, 6.45) is 4.65. The minimum absolute atomic E-state index is 0.0717. The van der Waals surface area contributed by atoms with Gasteiger partial charge >= 0.3 is 0 Å². The molecule has 0 bridgehead atoms. The van der Waals surface area contributed by atoms with Gasteiger partial charge in [-0.05, 0) is 55.2 Å². The van der Waals surface area contributed by atoms with Crippen molar-refractivity contribution < 1.29 is 14.6 Å². The summed E-state index contributed by atoms with van der Waals surface area (Å²) in [7, 11) is 0. The lowest BCUT2D eigenvalue weighted by Gasteiger charge is -2.28. The van der Waals surface area contributed by atoms with Crippen LogP contribution in [0.3, 0.4) is 0 Å². The van der Waals surface area contributed by atoms with E-state index in [1.165, 1.54) is 0 Å². The number of rotatable bonds is 3. The standard InChI is InChI=1S/C19H22ClN3O3/c20-11-5-15(14-9-21-23-16(14)6-11)19(25)7-12-13(8-19)17(12)22-18(24)10-1-3-26-4-2-10/h5-6,9-10,12-13,17,25H,1-4,7-8H2,(H,21,23)(H,22,24)/t12-,13+,17+,19-. The van der Waals surface area contributed by atoms with E-state index in [0.29, 0.717) is 42.9 Å². The molecule has 5 rings (SSSR count). The first-order valence-electron chi connectivity index (χ1n) is 9.29. The Morgan fingerprint density at radius 2 is 2.04 bits per heavy atom. The average molecular weight is 376 g/mol. The molecular weight excluding hydrogens is 354 g/mol. The number of benzene rings is 1. The Morgan fingerprint density at radius 1 is 1.31 bits per heavy atom. The molecular formula is C19H22ClN3O3. The van der Waals surface area contributed by atoms with Crippen LogP contribution in [0.25, 0.3) is 10.9 Å². The molecule has 26 heavy (non-hydrogen) atoms. The van der Waals surface area contributed by atoms with Gasteiger partial charge < -0.3 is 15.2 Å². The van der Waals surface area contributed by atoms with Crippen LogP contribution in [0, 0.1) is 17.8 Å². The van der Waals surface area contributed by atoms with Crippen LogP contribution in [0.2, 0.25) is 5.02 Å². The Morgan fingerprint density at radius 3 is 2.77 bits per heavy atom. The maximum absolute atomic E-state index is 12.4. The van der Waals surface area contributed by atoms with Crippen molar-refractivity contribution in [1.29, 1.82) is 0 Å². The summed E-state index contributed by atoms with van der Waals surface area (Å²) in [6.45, 7) is 1.34. The minimum atomic E-state index is -0.901. The van der Waals surface area contributed by atoms with E-state index in [4.69, 9.17) is 16.3 Å². The number of carbonyl (C=O) groups is 1. The molecule has 4 atom stereocenters. The van der Waals surface area contributed by atoms with E-state index < -0.39 is 5.60 Å². The maximum Gasteiger partial charge on any atom is 0.223 e. The zero-order chi connectivity index (χ0) is 17.9. The molecule has 2 aliphatic carbocycles. The average Bonchev–Trinajstić information content (AvgIpc) is 3.01. The molecule has 3 N–H and O–H groups in total. The molecule has 0 unspecified atom stereocenters. The highest BCUT2D eigenvalue weighted by atomic mass is 35.5. The number of nitrogens with zero attached hydrogens (tertiary/aromatic N) is 1. The van der Waals surface area contributed by atoms with E-state index in [9.17, 15) is 9.90 Å². The molecule has 1 aromatic heterocycles. The summed E-state index contributed by atoms with van der Waals surface area (Å²) in [5.41, 5.74) is 0.781. The zero-order valence-corrected chi connectivity index (χ0v) is 15.1. The molecule has 1 saturated heterocycles. The summed E-state index contributed by atoms with van der Waals surface area (Å²) in [5, 5.41) is 23.0. The Labute approximate surface area is 156 Å². The monoisotopic (exact) mass is 375 g/mol. The first kappa shape index (κ1) is 16.5. The lowest BCUT2D eigenvalue weighted by Crippen LogP contribution is -2.38.